The number of alkyl halides is 3. The Labute approximate surface area is 202 Å². The average Bonchev–Trinajstić information content (AvgIpc) is 3.54. The molecule has 1 unspecified atom stereocenters. The van der Waals surface area contributed by atoms with Gasteiger partial charge in [-0.1, -0.05) is 18.2 Å². The molecular weight excluding hydrogens is 483 g/mol. The van der Waals surface area contributed by atoms with Crippen LogP contribution >= 0.6 is 0 Å². The molecule has 0 amide bonds. The number of nitrogens with zero attached hydrogens (tertiary/aromatic N) is 3. The van der Waals surface area contributed by atoms with Gasteiger partial charge in [0.2, 0.25) is 5.88 Å². The van der Waals surface area contributed by atoms with E-state index >= 15 is 0 Å². The number of hydrogen-bond acceptors (Lipinski definition) is 5. The van der Waals surface area contributed by atoms with Gasteiger partial charge in [-0.25, -0.2) is 4.31 Å². The molecule has 3 aromatic rings. The van der Waals surface area contributed by atoms with Crippen molar-refractivity contribution in [2.75, 3.05) is 13.2 Å². The zero-order valence-corrected chi connectivity index (χ0v) is 19.6. The summed E-state index contributed by atoms with van der Waals surface area (Å²) in [5.74, 6) is 0.483. The predicted octanol–water partition coefficient (Wildman–Crippen LogP) is 4.87. The normalized spacial score (nSPS) is 18.3. The summed E-state index contributed by atoms with van der Waals surface area (Å²) < 4.78 is 77.1. The minimum absolute atomic E-state index is 0.00852. The monoisotopic (exact) mass is 506 g/mol. The smallest absolute Gasteiger partial charge is 0.416 e. The highest BCUT2D eigenvalue weighted by molar-refractivity contribution is 7.76. The molecule has 1 saturated carbocycles. The maximum absolute atomic E-state index is 12.8. The van der Waals surface area contributed by atoms with Gasteiger partial charge in [0.05, 0.1) is 24.5 Å². The lowest BCUT2D eigenvalue weighted by Gasteiger charge is -2.50. The standard InChI is InChI=1S/C24H24F3N3O4S/c1-2-29-21(13-22(28-29)34-20-10-6-17(7-11-20)24(25,26)27)16-4-3-5-18(12-16)23(14-33-15-23)30(35(31)32)19-8-9-19/h3-7,10-13,19H,2,8-9,14-15H2,1H3,(H,31,32)/p-1. The lowest BCUT2D eigenvalue weighted by atomic mass is 9.86. The van der Waals surface area contributed by atoms with Crippen molar-refractivity contribution in [2.24, 2.45) is 0 Å². The first kappa shape index (κ1) is 24.0. The highest BCUT2D eigenvalue weighted by Gasteiger charge is 2.51. The molecule has 0 spiro atoms. The number of halogens is 3. The van der Waals surface area contributed by atoms with Crippen LogP contribution in [0.5, 0.6) is 11.6 Å². The van der Waals surface area contributed by atoms with Gasteiger partial charge in [-0.15, -0.1) is 5.10 Å². The second kappa shape index (κ2) is 9.05. The van der Waals surface area contributed by atoms with Crippen LogP contribution in [0.4, 0.5) is 13.2 Å². The predicted molar refractivity (Wildman–Crippen MR) is 121 cm³/mol. The maximum Gasteiger partial charge on any atom is 0.416 e. The summed E-state index contributed by atoms with van der Waals surface area (Å²) in [6.07, 6.45) is -2.75. The molecule has 5 rings (SSSR count). The van der Waals surface area contributed by atoms with Crippen LogP contribution in [0.1, 0.15) is 30.9 Å². The van der Waals surface area contributed by atoms with E-state index < -0.39 is 28.5 Å². The van der Waals surface area contributed by atoms with Crippen molar-refractivity contribution in [1.29, 1.82) is 0 Å². The first-order chi connectivity index (χ1) is 16.7. The Hall–Kier alpha value is -2.73. The van der Waals surface area contributed by atoms with Gasteiger partial charge in [0, 0.05) is 35.5 Å². The molecule has 2 heterocycles. The number of aromatic nitrogens is 2. The molecule has 1 saturated heterocycles. The van der Waals surface area contributed by atoms with Crippen molar-refractivity contribution in [3.63, 3.8) is 0 Å². The third-order valence-electron chi connectivity index (χ3n) is 6.30. The van der Waals surface area contributed by atoms with Crippen LogP contribution in [0, 0.1) is 0 Å². The molecule has 35 heavy (non-hydrogen) atoms. The molecular formula is C24H23F3N3O4S-. The SMILES string of the molecule is CCn1nc(Oc2ccc(C(F)(F)F)cc2)cc1-c1cccc(C2(N(C3CC3)S(=O)[O-])COC2)c1. The van der Waals surface area contributed by atoms with Crippen LogP contribution in [0.15, 0.2) is 54.6 Å². The van der Waals surface area contributed by atoms with Gasteiger partial charge in [-0.2, -0.15) is 13.2 Å². The van der Waals surface area contributed by atoms with Gasteiger partial charge in [0.1, 0.15) is 11.3 Å². The minimum Gasteiger partial charge on any atom is -0.760 e. The van der Waals surface area contributed by atoms with E-state index in [1.54, 1.807) is 10.7 Å². The third-order valence-corrected chi connectivity index (χ3v) is 7.27. The molecule has 1 aliphatic carbocycles. The first-order valence-electron chi connectivity index (χ1n) is 11.2. The van der Waals surface area contributed by atoms with Crippen LogP contribution in [0.25, 0.3) is 11.3 Å². The Morgan fingerprint density at radius 1 is 1.20 bits per heavy atom. The van der Waals surface area contributed by atoms with Gasteiger partial charge in [0.15, 0.2) is 0 Å². The molecule has 11 heteroatoms. The number of ether oxygens (including phenoxy) is 2. The van der Waals surface area contributed by atoms with Crippen molar-refractivity contribution in [3.05, 3.63) is 65.7 Å². The minimum atomic E-state index is -4.42. The Morgan fingerprint density at radius 3 is 2.46 bits per heavy atom. The lowest BCUT2D eigenvalue weighted by molar-refractivity contribution is -0.137. The molecule has 2 fully saturated rings. The van der Waals surface area contributed by atoms with Crippen LogP contribution in [-0.4, -0.2) is 42.1 Å². The summed E-state index contributed by atoms with van der Waals surface area (Å²) in [6.45, 7) is 3.02. The summed E-state index contributed by atoms with van der Waals surface area (Å²) in [5.41, 5.74) is 0.909. The van der Waals surface area contributed by atoms with E-state index in [4.69, 9.17) is 9.47 Å². The maximum atomic E-state index is 12.8. The number of aryl methyl sites for hydroxylation is 1. The number of hydrogen-bond donors (Lipinski definition) is 0. The fourth-order valence-corrected chi connectivity index (χ4v) is 5.31. The zero-order chi connectivity index (χ0) is 24.8. The van der Waals surface area contributed by atoms with E-state index in [1.807, 2.05) is 31.2 Å². The molecule has 186 valence electrons. The van der Waals surface area contributed by atoms with Crippen LogP contribution in [0.2, 0.25) is 0 Å². The molecule has 1 aliphatic heterocycles. The Bertz CT molecular complexity index is 1240. The Morgan fingerprint density at radius 2 is 1.91 bits per heavy atom. The summed E-state index contributed by atoms with van der Waals surface area (Å²) in [7, 11) is 0. The van der Waals surface area contributed by atoms with Gasteiger partial charge in [-0.3, -0.25) is 8.89 Å². The van der Waals surface area contributed by atoms with E-state index in [0.717, 1.165) is 41.8 Å². The molecule has 2 aromatic carbocycles. The van der Waals surface area contributed by atoms with E-state index in [9.17, 15) is 21.9 Å². The second-order valence-electron chi connectivity index (χ2n) is 8.69. The summed E-state index contributed by atoms with van der Waals surface area (Å²) in [6, 6.07) is 13.7. The van der Waals surface area contributed by atoms with Crippen LogP contribution in [0.3, 0.4) is 0 Å². The Balaban J connectivity index is 1.44. The summed E-state index contributed by atoms with van der Waals surface area (Å²) in [5, 5.41) is 4.44. The summed E-state index contributed by atoms with van der Waals surface area (Å²) in [4.78, 5) is 0. The summed E-state index contributed by atoms with van der Waals surface area (Å²) >= 11 is -2.38. The highest BCUT2D eigenvalue weighted by atomic mass is 32.2. The molecule has 0 radical (unpaired) electrons. The fourth-order valence-electron chi connectivity index (χ4n) is 4.36. The zero-order valence-electron chi connectivity index (χ0n) is 18.8. The van der Waals surface area contributed by atoms with Crippen LogP contribution in [-0.2, 0) is 34.3 Å². The van der Waals surface area contributed by atoms with Crippen LogP contribution < -0.4 is 4.74 Å². The largest absolute Gasteiger partial charge is 0.760 e. The van der Waals surface area contributed by atoms with E-state index in [1.165, 1.54) is 16.4 Å². The van der Waals surface area contributed by atoms with Crippen molar-refractivity contribution >= 4 is 11.3 Å². The van der Waals surface area contributed by atoms with Crippen molar-refractivity contribution in [1.82, 2.24) is 14.1 Å². The van der Waals surface area contributed by atoms with Crippen molar-refractivity contribution < 1.29 is 31.4 Å². The second-order valence-corrected chi connectivity index (χ2v) is 9.51. The molecule has 1 aromatic heterocycles. The Kier molecular flexibility index (Phi) is 6.20. The van der Waals surface area contributed by atoms with Crippen molar-refractivity contribution in [2.45, 2.75) is 44.1 Å². The van der Waals surface area contributed by atoms with Gasteiger partial charge in [-0.05, 0) is 55.7 Å². The van der Waals surface area contributed by atoms with Gasteiger partial charge in [0.25, 0.3) is 0 Å². The lowest BCUT2D eigenvalue weighted by Crippen LogP contribution is -2.60. The van der Waals surface area contributed by atoms with E-state index in [0.29, 0.717) is 6.54 Å². The number of benzene rings is 2. The molecule has 7 nitrogen and oxygen atoms in total. The van der Waals surface area contributed by atoms with E-state index in [-0.39, 0.29) is 30.9 Å². The van der Waals surface area contributed by atoms with E-state index in [2.05, 4.69) is 5.10 Å². The number of rotatable bonds is 8. The van der Waals surface area contributed by atoms with Crippen molar-refractivity contribution in [3.8, 4) is 22.9 Å². The average molecular weight is 507 g/mol. The molecule has 2 aliphatic rings. The highest BCUT2D eigenvalue weighted by Crippen LogP contribution is 2.44. The third kappa shape index (κ3) is 4.61. The molecule has 0 bridgehead atoms. The fraction of sp³-hybridized carbons (Fsp3) is 0.375. The quantitative estimate of drug-likeness (QED) is 0.408. The van der Waals surface area contributed by atoms with Gasteiger partial charge < -0.3 is 14.0 Å². The van der Waals surface area contributed by atoms with Gasteiger partial charge >= 0.3 is 6.18 Å². The first-order valence-corrected chi connectivity index (χ1v) is 12.2. The molecule has 1 atom stereocenters. The topological polar surface area (TPSA) is 79.7 Å². The molecule has 0 N–H and O–H groups in total.